The minimum absolute atomic E-state index is 0.131. The maximum atomic E-state index is 12.9. The molecule has 0 saturated heterocycles. The summed E-state index contributed by atoms with van der Waals surface area (Å²) in [7, 11) is 0. The Morgan fingerprint density at radius 2 is 2.13 bits per heavy atom. The Morgan fingerprint density at radius 1 is 1.43 bits per heavy atom. The van der Waals surface area contributed by atoms with Gasteiger partial charge in [-0.15, -0.1) is 13.2 Å². The number of aromatic nitrogens is 2. The van der Waals surface area contributed by atoms with E-state index in [1.54, 1.807) is 36.7 Å². The molecule has 0 radical (unpaired) electrons. The minimum Gasteiger partial charge on any atom is -0.385 e. The lowest BCUT2D eigenvalue weighted by atomic mass is 10.0. The molecule has 0 aromatic carbocycles. The molecule has 2 rings (SSSR count). The van der Waals surface area contributed by atoms with Gasteiger partial charge in [-0.2, -0.15) is 0 Å². The van der Waals surface area contributed by atoms with Gasteiger partial charge in [-0.25, -0.2) is 0 Å². The minimum atomic E-state index is -0.957. The van der Waals surface area contributed by atoms with Crippen molar-refractivity contribution in [3.05, 3.63) is 61.2 Å². The van der Waals surface area contributed by atoms with Crippen molar-refractivity contribution in [2.45, 2.75) is 13.0 Å². The van der Waals surface area contributed by atoms with Crippen LogP contribution >= 0.6 is 0 Å². The molecular formula is C17H19N3O3. The van der Waals surface area contributed by atoms with E-state index in [0.717, 1.165) is 0 Å². The standard InChI is InChI=1S/C17H19N3O3/c1-4-9-20(10-5-2)17(22)14-15(13-7-6-8-18-11-13)19-23-16(14)12(3)21/h4-8,11-12,21H,1-2,9-10H2,3H3. The predicted molar refractivity (Wildman–Crippen MR) is 86.7 cm³/mol. The highest BCUT2D eigenvalue weighted by Crippen LogP contribution is 2.29. The molecule has 0 aliphatic carbocycles. The van der Waals surface area contributed by atoms with Gasteiger partial charge in [-0.3, -0.25) is 9.78 Å². The molecule has 0 aliphatic heterocycles. The normalized spacial score (nSPS) is 11.7. The van der Waals surface area contributed by atoms with Crippen molar-refractivity contribution in [3.8, 4) is 11.3 Å². The molecule has 0 fully saturated rings. The highest BCUT2D eigenvalue weighted by atomic mass is 16.5. The van der Waals surface area contributed by atoms with Gasteiger partial charge in [0.15, 0.2) is 5.76 Å². The van der Waals surface area contributed by atoms with E-state index in [0.29, 0.717) is 24.3 Å². The summed E-state index contributed by atoms with van der Waals surface area (Å²) in [6, 6.07) is 3.52. The summed E-state index contributed by atoms with van der Waals surface area (Å²) in [5.74, 6) is -0.173. The summed E-state index contributed by atoms with van der Waals surface area (Å²) in [5, 5.41) is 13.9. The van der Waals surface area contributed by atoms with Crippen molar-refractivity contribution in [2.75, 3.05) is 13.1 Å². The maximum absolute atomic E-state index is 12.9. The first kappa shape index (κ1) is 16.6. The fraction of sp³-hybridized carbons (Fsp3) is 0.235. The van der Waals surface area contributed by atoms with Gasteiger partial charge in [-0.05, 0) is 19.1 Å². The number of aliphatic hydroxyl groups excluding tert-OH is 1. The zero-order chi connectivity index (χ0) is 16.8. The van der Waals surface area contributed by atoms with Crippen LogP contribution in [0.1, 0.15) is 29.1 Å². The largest absolute Gasteiger partial charge is 0.385 e. The van der Waals surface area contributed by atoms with Crippen molar-refractivity contribution in [2.24, 2.45) is 0 Å². The van der Waals surface area contributed by atoms with Crippen LogP contribution in [0.4, 0.5) is 0 Å². The predicted octanol–water partition coefficient (Wildman–Crippen LogP) is 2.60. The van der Waals surface area contributed by atoms with Crippen molar-refractivity contribution in [1.82, 2.24) is 15.0 Å². The molecule has 120 valence electrons. The molecule has 6 heteroatoms. The number of nitrogens with zero attached hydrogens (tertiary/aromatic N) is 3. The Bertz CT molecular complexity index is 682. The van der Waals surface area contributed by atoms with Crippen LogP contribution in [0.2, 0.25) is 0 Å². The molecule has 2 heterocycles. The van der Waals surface area contributed by atoms with Crippen LogP contribution in [0.3, 0.4) is 0 Å². The molecule has 0 spiro atoms. The molecule has 1 atom stereocenters. The van der Waals surface area contributed by atoms with Crippen molar-refractivity contribution in [1.29, 1.82) is 0 Å². The van der Waals surface area contributed by atoms with Crippen LogP contribution in [0.15, 0.2) is 54.4 Å². The van der Waals surface area contributed by atoms with Crippen LogP contribution < -0.4 is 0 Å². The number of carbonyl (C=O) groups excluding carboxylic acids is 1. The van der Waals surface area contributed by atoms with Crippen LogP contribution in [0.25, 0.3) is 11.3 Å². The number of hydrogen-bond acceptors (Lipinski definition) is 5. The summed E-state index contributed by atoms with van der Waals surface area (Å²) in [6.45, 7) is 9.54. The lowest BCUT2D eigenvalue weighted by Gasteiger charge is -2.19. The third-order valence-electron chi connectivity index (χ3n) is 3.23. The Morgan fingerprint density at radius 3 is 2.65 bits per heavy atom. The second-order valence-electron chi connectivity index (χ2n) is 4.98. The highest BCUT2D eigenvalue weighted by Gasteiger charge is 2.29. The van der Waals surface area contributed by atoms with E-state index in [4.69, 9.17) is 4.52 Å². The monoisotopic (exact) mass is 313 g/mol. The first-order chi connectivity index (χ1) is 11.1. The van der Waals surface area contributed by atoms with Crippen LogP contribution in [0, 0.1) is 0 Å². The molecule has 0 bridgehead atoms. The van der Waals surface area contributed by atoms with E-state index in [2.05, 4.69) is 23.3 Å². The summed E-state index contributed by atoms with van der Waals surface area (Å²) < 4.78 is 5.21. The number of carbonyl (C=O) groups is 1. The van der Waals surface area contributed by atoms with E-state index in [-0.39, 0.29) is 17.2 Å². The zero-order valence-electron chi connectivity index (χ0n) is 13.0. The van der Waals surface area contributed by atoms with Gasteiger partial charge in [0.1, 0.15) is 17.4 Å². The molecule has 2 aromatic rings. The molecular weight excluding hydrogens is 294 g/mol. The van der Waals surface area contributed by atoms with Crippen molar-refractivity contribution < 1.29 is 14.4 Å². The van der Waals surface area contributed by atoms with E-state index in [9.17, 15) is 9.90 Å². The zero-order valence-corrected chi connectivity index (χ0v) is 13.0. The third-order valence-corrected chi connectivity index (χ3v) is 3.23. The highest BCUT2D eigenvalue weighted by molar-refractivity contribution is 6.01. The number of pyridine rings is 1. The second kappa shape index (κ2) is 7.51. The average molecular weight is 313 g/mol. The molecule has 0 saturated carbocycles. The number of hydrogen-bond donors (Lipinski definition) is 1. The van der Waals surface area contributed by atoms with E-state index in [1.165, 1.54) is 11.8 Å². The van der Waals surface area contributed by atoms with Crippen LogP contribution in [0.5, 0.6) is 0 Å². The SMILES string of the molecule is C=CCN(CC=C)C(=O)c1c(-c2cccnc2)noc1C(C)O. The van der Waals surface area contributed by atoms with Gasteiger partial charge in [-0.1, -0.05) is 17.3 Å². The Hall–Kier alpha value is -2.73. The molecule has 1 N–H and O–H groups in total. The number of aliphatic hydroxyl groups is 1. The molecule has 1 amide bonds. The number of amides is 1. The molecule has 23 heavy (non-hydrogen) atoms. The lowest BCUT2D eigenvalue weighted by Crippen LogP contribution is -2.32. The quantitative estimate of drug-likeness (QED) is 0.795. The van der Waals surface area contributed by atoms with Gasteiger partial charge < -0.3 is 14.5 Å². The molecule has 1 unspecified atom stereocenters. The third kappa shape index (κ3) is 3.54. The first-order valence-corrected chi connectivity index (χ1v) is 7.19. The fourth-order valence-corrected chi connectivity index (χ4v) is 2.20. The van der Waals surface area contributed by atoms with E-state index in [1.807, 2.05) is 0 Å². The second-order valence-corrected chi connectivity index (χ2v) is 4.98. The van der Waals surface area contributed by atoms with Gasteiger partial charge >= 0.3 is 0 Å². The van der Waals surface area contributed by atoms with E-state index >= 15 is 0 Å². The summed E-state index contributed by atoms with van der Waals surface area (Å²) >= 11 is 0. The number of rotatable bonds is 7. The Labute approximate surface area is 134 Å². The van der Waals surface area contributed by atoms with Gasteiger partial charge in [0.05, 0.1) is 0 Å². The molecule has 6 nitrogen and oxygen atoms in total. The van der Waals surface area contributed by atoms with Crippen molar-refractivity contribution in [3.63, 3.8) is 0 Å². The topological polar surface area (TPSA) is 79.5 Å². The van der Waals surface area contributed by atoms with Gasteiger partial charge in [0, 0.05) is 31.0 Å². The molecule has 0 aliphatic rings. The summed E-state index contributed by atoms with van der Waals surface area (Å²) in [4.78, 5) is 18.5. The van der Waals surface area contributed by atoms with Crippen LogP contribution in [-0.2, 0) is 0 Å². The van der Waals surface area contributed by atoms with Gasteiger partial charge in [0.25, 0.3) is 5.91 Å². The van der Waals surface area contributed by atoms with E-state index < -0.39 is 6.10 Å². The van der Waals surface area contributed by atoms with Gasteiger partial charge in [0.2, 0.25) is 0 Å². The van der Waals surface area contributed by atoms with Crippen molar-refractivity contribution >= 4 is 5.91 Å². The fourth-order valence-electron chi connectivity index (χ4n) is 2.20. The maximum Gasteiger partial charge on any atom is 0.260 e. The Kier molecular flexibility index (Phi) is 5.43. The lowest BCUT2D eigenvalue weighted by molar-refractivity contribution is 0.0779. The summed E-state index contributed by atoms with van der Waals surface area (Å²) in [5.41, 5.74) is 1.23. The average Bonchev–Trinajstić information content (AvgIpc) is 3.00. The first-order valence-electron chi connectivity index (χ1n) is 7.19. The Balaban J connectivity index is 2.54. The molecule has 2 aromatic heterocycles. The van der Waals surface area contributed by atoms with Crippen LogP contribution in [-0.4, -0.2) is 39.1 Å². The summed E-state index contributed by atoms with van der Waals surface area (Å²) in [6.07, 6.45) is 5.51. The smallest absolute Gasteiger partial charge is 0.260 e.